The number of hydrogen-bond donors (Lipinski definition) is 2. The van der Waals surface area contributed by atoms with Gasteiger partial charge in [0.25, 0.3) is 5.91 Å². The maximum Gasteiger partial charge on any atom is 0.252 e. The number of nitrogens with one attached hydrogen (secondary N) is 1. The molecule has 0 fully saturated rings. The number of nitrogens with zero attached hydrogens (tertiary/aromatic N) is 1. The Morgan fingerprint density at radius 2 is 1.96 bits per heavy atom. The maximum atomic E-state index is 11.6. The normalized spacial score (nSPS) is 11.3. The van der Waals surface area contributed by atoms with Crippen LogP contribution in [0.25, 0.3) is 0 Å². The van der Waals surface area contributed by atoms with Crippen LogP contribution in [-0.4, -0.2) is 17.1 Å². The second-order valence-electron chi connectivity index (χ2n) is 5.09. The standard InChI is InChI=1S/C18H18N2O3/c1-13(21)18(22)20-17-5-3-2-4-15(17)12-23-16-8-6-14(7-9-16)10-11-19/h2-9,13,21H,10,12H2,1H3,(H,20,22)/t13-/m0/s1. The highest BCUT2D eigenvalue weighted by molar-refractivity contribution is 5.94. The SMILES string of the molecule is C[C@H](O)C(=O)Nc1ccccc1COc1ccc(CC#N)cc1. The Kier molecular flexibility index (Phi) is 5.73. The molecule has 0 saturated heterocycles. The lowest BCUT2D eigenvalue weighted by molar-refractivity contribution is -0.123. The Morgan fingerprint density at radius 3 is 2.61 bits per heavy atom. The summed E-state index contributed by atoms with van der Waals surface area (Å²) in [6.07, 6.45) is -0.703. The molecule has 0 bridgehead atoms. The fourth-order valence-corrected chi connectivity index (χ4v) is 1.96. The number of para-hydroxylation sites is 1. The number of carbonyl (C=O) groups is 1. The van der Waals surface area contributed by atoms with Gasteiger partial charge in [-0.05, 0) is 30.7 Å². The van der Waals surface area contributed by atoms with Crippen LogP contribution in [0.1, 0.15) is 18.1 Å². The molecule has 0 aromatic heterocycles. The van der Waals surface area contributed by atoms with Crippen molar-refractivity contribution in [2.24, 2.45) is 0 Å². The lowest BCUT2D eigenvalue weighted by atomic mass is 10.1. The minimum Gasteiger partial charge on any atom is -0.489 e. The Hall–Kier alpha value is -2.84. The van der Waals surface area contributed by atoms with Gasteiger partial charge in [-0.2, -0.15) is 5.26 Å². The molecule has 0 saturated carbocycles. The predicted octanol–water partition coefficient (Wildman–Crippen LogP) is 2.65. The van der Waals surface area contributed by atoms with Gasteiger partial charge in [-0.1, -0.05) is 30.3 Å². The van der Waals surface area contributed by atoms with Crippen molar-refractivity contribution in [2.45, 2.75) is 26.1 Å². The molecule has 118 valence electrons. The third kappa shape index (κ3) is 4.83. The molecule has 23 heavy (non-hydrogen) atoms. The van der Waals surface area contributed by atoms with E-state index in [1.807, 2.05) is 36.4 Å². The van der Waals surface area contributed by atoms with Gasteiger partial charge in [0.05, 0.1) is 12.5 Å². The van der Waals surface area contributed by atoms with Crippen LogP contribution in [-0.2, 0) is 17.8 Å². The van der Waals surface area contributed by atoms with E-state index in [0.717, 1.165) is 11.1 Å². The summed E-state index contributed by atoms with van der Waals surface area (Å²) in [6.45, 7) is 1.70. The number of benzene rings is 2. The zero-order chi connectivity index (χ0) is 16.7. The monoisotopic (exact) mass is 310 g/mol. The number of anilines is 1. The van der Waals surface area contributed by atoms with Gasteiger partial charge in [-0.15, -0.1) is 0 Å². The Morgan fingerprint density at radius 1 is 1.26 bits per heavy atom. The molecule has 0 heterocycles. The molecule has 0 radical (unpaired) electrons. The number of aliphatic hydroxyl groups is 1. The fourth-order valence-electron chi connectivity index (χ4n) is 1.96. The molecule has 0 aliphatic heterocycles. The van der Waals surface area contributed by atoms with Crippen molar-refractivity contribution >= 4 is 11.6 Å². The van der Waals surface area contributed by atoms with Crippen molar-refractivity contribution in [1.82, 2.24) is 0 Å². The highest BCUT2D eigenvalue weighted by atomic mass is 16.5. The van der Waals surface area contributed by atoms with E-state index in [1.165, 1.54) is 6.92 Å². The summed E-state index contributed by atoms with van der Waals surface area (Å²) in [5.41, 5.74) is 2.35. The largest absolute Gasteiger partial charge is 0.489 e. The Bertz CT molecular complexity index is 703. The molecule has 0 unspecified atom stereocenters. The molecule has 5 nitrogen and oxygen atoms in total. The lowest BCUT2D eigenvalue weighted by Gasteiger charge is -2.13. The molecule has 1 atom stereocenters. The van der Waals surface area contributed by atoms with Crippen molar-refractivity contribution in [3.05, 3.63) is 59.7 Å². The first-order chi connectivity index (χ1) is 11.1. The summed E-state index contributed by atoms with van der Waals surface area (Å²) >= 11 is 0. The van der Waals surface area contributed by atoms with Gasteiger partial charge in [-0.3, -0.25) is 4.79 Å². The number of hydrogen-bond acceptors (Lipinski definition) is 4. The van der Waals surface area contributed by atoms with Gasteiger partial charge in [-0.25, -0.2) is 0 Å². The lowest BCUT2D eigenvalue weighted by Crippen LogP contribution is -2.25. The molecule has 2 rings (SSSR count). The average molecular weight is 310 g/mol. The van der Waals surface area contributed by atoms with E-state index in [-0.39, 0.29) is 6.61 Å². The van der Waals surface area contributed by atoms with E-state index < -0.39 is 12.0 Å². The molecular weight excluding hydrogens is 292 g/mol. The van der Waals surface area contributed by atoms with E-state index in [4.69, 9.17) is 10.00 Å². The van der Waals surface area contributed by atoms with Crippen molar-refractivity contribution in [3.63, 3.8) is 0 Å². The second kappa shape index (κ2) is 7.97. The quantitative estimate of drug-likeness (QED) is 0.859. The van der Waals surface area contributed by atoms with Crippen LogP contribution in [0.3, 0.4) is 0 Å². The minimum atomic E-state index is -1.07. The maximum absolute atomic E-state index is 11.6. The summed E-state index contributed by atoms with van der Waals surface area (Å²) in [6, 6.07) is 16.7. The molecule has 2 N–H and O–H groups in total. The topological polar surface area (TPSA) is 82.3 Å². The average Bonchev–Trinajstić information content (AvgIpc) is 2.55. The van der Waals surface area contributed by atoms with Crippen molar-refractivity contribution in [3.8, 4) is 11.8 Å². The number of rotatable bonds is 6. The van der Waals surface area contributed by atoms with Crippen LogP contribution >= 0.6 is 0 Å². The Labute approximate surface area is 135 Å². The minimum absolute atomic E-state index is 0.286. The molecule has 5 heteroatoms. The van der Waals surface area contributed by atoms with Crippen LogP contribution in [0.4, 0.5) is 5.69 Å². The highest BCUT2D eigenvalue weighted by Gasteiger charge is 2.11. The van der Waals surface area contributed by atoms with E-state index in [2.05, 4.69) is 11.4 Å². The number of carbonyl (C=O) groups excluding carboxylic acids is 1. The first-order valence-electron chi connectivity index (χ1n) is 7.25. The van der Waals surface area contributed by atoms with Gasteiger partial charge in [0.15, 0.2) is 0 Å². The van der Waals surface area contributed by atoms with E-state index in [9.17, 15) is 9.90 Å². The number of amides is 1. The zero-order valence-electron chi connectivity index (χ0n) is 12.8. The number of aliphatic hydroxyl groups excluding tert-OH is 1. The molecule has 0 aliphatic rings. The van der Waals surface area contributed by atoms with Gasteiger partial charge >= 0.3 is 0 Å². The molecular formula is C18H18N2O3. The summed E-state index contributed by atoms with van der Waals surface area (Å²) in [5, 5.41) is 20.6. The molecule has 0 aliphatic carbocycles. The molecule has 2 aromatic rings. The number of nitriles is 1. The first-order valence-corrected chi connectivity index (χ1v) is 7.25. The summed E-state index contributed by atoms with van der Waals surface area (Å²) in [7, 11) is 0. The predicted molar refractivity (Wildman–Crippen MR) is 86.8 cm³/mol. The molecule has 0 spiro atoms. The van der Waals surface area contributed by atoms with Gasteiger partial charge in [0, 0.05) is 11.3 Å². The third-order valence-corrected chi connectivity index (χ3v) is 3.26. The van der Waals surface area contributed by atoms with Crippen LogP contribution in [0.5, 0.6) is 5.75 Å². The van der Waals surface area contributed by atoms with Gasteiger partial charge in [0.2, 0.25) is 0 Å². The number of ether oxygens (including phenoxy) is 1. The highest BCUT2D eigenvalue weighted by Crippen LogP contribution is 2.19. The first kappa shape index (κ1) is 16.5. The molecule has 2 aromatic carbocycles. The van der Waals surface area contributed by atoms with Crippen LogP contribution in [0.2, 0.25) is 0 Å². The van der Waals surface area contributed by atoms with E-state index in [1.54, 1.807) is 12.1 Å². The van der Waals surface area contributed by atoms with Crippen LogP contribution in [0, 0.1) is 11.3 Å². The van der Waals surface area contributed by atoms with Crippen LogP contribution in [0.15, 0.2) is 48.5 Å². The van der Waals surface area contributed by atoms with E-state index >= 15 is 0 Å². The zero-order valence-corrected chi connectivity index (χ0v) is 12.8. The van der Waals surface area contributed by atoms with Gasteiger partial charge < -0.3 is 15.2 Å². The fraction of sp³-hybridized carbons (Fsp3) is 0.222. The summed E-state index contributed by atoms with van der Waals surface area (Å²) in [5.74, 6) is 0.224. The second-order valence-corrected chi connectivity index (χ2v) is 5.09. The van der Waals surface area contributed by atoms with Crippen molar-refractivity contribution < 1.29 is 14.6 Å². The summed E-state index contributed by atoms with van der Waals surface area (Å²) in [4.78, 5) is 11.6. The van der Waals surface area contributed by atoms with Crippen molar-refractivity contribution in [2.75, 3.05) is 5.32 Å². The third-order valence-electron chi connectivity index (χ3n) is 3.26. The van der Waals surface area contributed by atoms with Gasteiger partial charge in [0.1, 0.15) is 18.5 Å². The summed E-state index contributed by atoms with van der Waals surface area (Å²) < 4.78 is 5.71. The van der Waals surface area contributed by atoms with E-state index in [0.29, 0.717) is 17.9 Å². The van der Waals surface area contributed by atoms with Crippen LogP contribution < -0.4 is 10.1 Å². The molecule has 1 amide bonds. The smallest absolute Gasteiger partial charge is 0.252 e. The Balaban J connectivity index is 2.03. The van der Waals surface area contributed by atoms with Crippen molar-refractivity contribution in [1.29, 1.82) is 5.26 Å².